The number of aryl methyl sites for hydroxylation is 1. The van der Waals surface area contributed by atoms with Gasteiger partial charge in [-0.15, -0.1) is 0 Å². The quantitative estimate of drug-likeness (QED) is 0.205. The van der Waals surface area contributed by atoms with Gasteiger partial charge >= 0.3 is 0 Å². The summed E-state index contributed by atoms with van der Waals surface area (Å²) in [7, 11) is 0. The molecule has 0 aromatic heterocycles. The van der Waals surface area contributed by atoms with Crippen LogP contribution in [-0.2, 0) is 6.42 Å². The van der Waals surface area contributed by atoms with E-state index in [1.165, 1.54) is 87.5 Å². The Labute approximate surface area is 173 Å². The molecule has 0 unspecified atom stereocenters. The molecule has 3 aromatic rings. The smallest absolute Gasteiger partial charge is 0.00928 e. The van der Waals surface area contributed by atoms with E-state index in [1.807, 2.05) is 0 Å². The van der Waals surface area contributed by atoms with E-state index in [4.69, 9.17) is 0 Å². The van der Waals surface area contributed by atoms with Crippen molar-refractivity contribution in [2.24, 2.45) is 0 Å². The number of hydrogen-bond donors (Lipinski definition) is 0. The Morgan fingerprint density at radius 3 is 2.24 bits per heavy atom. The molecular formula is C29H28. The van der Waals surface area contributed by atoms with Gasteiger partial charge in [0.05, 0.1) is 0 Å². The van der Waals surface area contributed by atoms with Crippen molar-refractivity contribution in [2.45, 2.75) is 45.4 Å². The normalized spacial score (nSPS) is 11.8. The topological polar surface area (TPSA) is 0 Å². The van der Waals surface area contributed by atoms with Gasteiger partial charge in [-0.1, -0.05) is 105 Å². The Morgan fingerprint density at radius 1 is 0.552 bits per heavy atom. The van der Waals surface area contributed by atoms with Gasteiger partial charge in [0.2, 0.25) is 0 Å². The highest BCUT2D eigenvalue weighted by Gasteiger charge is 2.12. The van der Waals surface area contributed by atoms with E-state index in [2.05, 4.69) is 85.8 Å². The molecular weight excluding hydrogens is 348 g/mol. The first-order valence-corrected chi connectivity index (χ1v) is 11.1. The molecule has 0 atom stereocenters. The lowest BCUT2D eigenvalue weighted by Crippen LogP contribution is -1.83. The number of hydrogen-bond acceptors (Lipinski definition) is 0. The van der Waals surface area contributed by atoms with Crippen LogP contribution in [0.2, 0.25) is 0 Å². The Bertz CT molecular complexity index is 1260. The Morgan fingerprint density at radius 2 is 1.31 bits per heavy atom. The fourth-order valence-corrected chi connectivity index (χ4v) is 4.76. The van der Waals surface area contributed by atoms with Gasteiger partial charge in [-0.3, -0.25) is 0 Å². The summed E-state index contributed by atoms with van der Waals surface area (Å²) in [5.74, 6) is 0. The number of fused-ring (bicyclic) bond motifs is 7. The van der Waals surface area contributed by atoms with Crippen molar-refractivity contribution < 1.29 is 0 Å². The zero-order valence-corrected chi connectivity index (χ0v) is 17.2. The third kappa shape index (κ3) is 3.38. The molecule has 0 aliphatic heterocycles. The summed E-state index contributed by atoms with van der Waals surface area (Å²) >= 11 is 0. The molecule has 0 heteroatoms. The van der Waals surface area contributed by atoms with Crippen molar-refractivity contribution in [3.8, 4) is 11.1 Å². The maximum Gasteiger partial charge on any atom is -0.00928 e. The van der Waals surface area contributed by atoms with Crippen LogP contribution in [0.15, 0.2) is 78.9 Å². The van der Waals surface area contributed by atoms with Gasteiger partial charge in [-0.2, -0.15) is 0 Å². The molecule has 3 aromatic carbocycles. The maximum absolute atomic E-state index is 2.38. The van der Waals surface area contributed by atoms with E-state index in [-0.39, 0.29) is 0 Å². The minimum absolute atomic E-state index is 1.19. The summed E-state index contributed by atoms with van der Waals surface area (Å²) < 4.78 is 0. The van der Waals surface area contributed by atoms with Crippen LogP contribution in [0.4, 0.5) is 0 Å². The van der Waals surface area contributed by atoms with Crippen LogP contribution in [0.5, 0.6) is 0 Å². The molecule has 0 saturated heterocycles. The summed E-state index contributed by atoms with van der Waals surface area (Å²) in [6.45, 7) is 2.28. The van der Waals surface area contributed by atoms with E-state index in [1.54, 1.807) is 0 Å². The van der Waals surface area contributed by atoms with Gasteiger partial charge in [0.25, 0.3) is 0 Å². The summed E-state index contributed by atoms with van der Waals surface area (Å²) in [5, 5.41) is 8.10. The Balaban J connectivity index is 1.55. The molecule has 144 valence electrons. The molecule has 0 fully saturated rings. The van der Waals surface area contributed by atoms with E-state index in [9.17, 15) is 0 Å². The second kappa shape index (κ2) is 7.87. The van der Waals surface area contributed by atoms with Crippen molar-refractivity contribution in [1.29, 1.82) is 0 Å². The highest BCUT2D eigenvalue weighted by Crippen LogP contribution is 2.39. The second-order valence-electron chi connectivity index (χ2n) is 8.33. The molecule has 0 amide bonds. The third-order valence-corrected chi connectivity index (χ3v) is 6.38. The molecule has 2 aliphatic carbocycles. The lowest BCUT2D eigenvalue weighted by molar-refractivity contribution is 0.632. The van der Waals surface area contributed by atoms with Crippen LogP contribution in [0.3, 0.4) is 0 Å². The standard InChI is InChI=1S/C29H28/c1-2-3-4-5-6-9-21-12-14-23-20-29-27(25(23)16-13-21)19-18-26-24-11-8-7-10-22(24)15-17-28(26)29/h7-8,10-20H,2-6,9H2,1H3. The first-order chi connectivity index (χ1) is 14.3. The van der Waals surface area contributed by atoms with Crippen LogP contribution in [0.25, 0.3) is 43.4 Å². The van der Waals surface area contributed by atoms with E-state index >= 15 is 0 Å². The lowest BCUT2D eigenvalue weighted by Gasteiger charge is -2.05. The highest BCUT2D eigenvalue weighted by atomic mass is 14.2. The minimum Gasteiger partial charge on any atom is -0.0654 e. The zero-order chi connectivity index (χ0) is 19.6. The maximum atomic E-state index is 2.38. The molecule has 0 radical (unpaired) electrons. The predicted molar refractivity (Wildman–Crippen MR) is 128 cm³/mol. The van der Waals surface area contributed by atoms with Gasteiger partial charge < -0.3 is 0 Å². The molecule has 0 bridgehead atoms. The van der Waals surface area contributed by atoms with Gasteiger partial charge in [0.15, 0.2) is 0 Å². The van der Waals surface area contributed by atoms with Crippen LogP contribution >= 0.6 is 0 Å². The van der Waals surface area contributed by atoms with Crippen molar-refractivity contribution in [3.63, 3.8) is 0 Å². The molecule has 0 saturated carbocycles. The molecule has 0 N–H and O–H groups in total. The van der Waals surface area contributed by atoms with Gasteiger partial charge in [0, 0.05) is 0 Å². The van der Waals surface area contributed by atoms with E-state index in [0.29, 0.717) is 0 Å². The average molecular weight is 377 g/mol. The average Bonchev–Trinajstić information content (AvgIpc) is 3.00. The van der Waals surface area contributed by atoms with Crippen molar-refractivity contribution >= 4 is 32.3 Å². The second-order valence-corrected chi connectivity index (χ2v) is 8.33. The summed E-state index contributed by atoms with van der Waals surface area (Å²) in [6, 6.07) is 29.6. The largest absolute Gasteiger partial charge is 0.0654 e. The third-order valence-electron chi connectivity index (χ3n) is 6.38. The molecule has 5 rings (SSSR count). The number of rotatable bonds is 6. The van der Waals surface area contributed by atoms with Crippen molar-refractivity contribution in [2.75, 3.05) is 0 Å². The number of unbranched alkanes of at least 4 members (excludes halogenated alkanes) is 4. The molecule has 0 spiro atoms. The van der Waals surface area contributed by atoms with Crippen LogP contribution in [0.1, 0.15) is 44.6 Å². The van der Waals surface area contributed by atoms with Gasteiger partial charge in [-0.25, -0.2) is 0 Å². The molecule has 2 aliphatic rings. The minimum atomic E-state index is 1.19. The fraction of sp³-hybridized carbons (Fsp3) is 0.241. The van der Waals surface area contributed by atoms with E-state index < -0.39 is 0 Å². The Kier molecular flexibility index (Phi) is 4.94. The molecule has 0 nitrogen and oxygen atoms in total. The fourth-order valence-electron chi connectivity index (χ4n) is 4.76. The summed E-state index contributed by atoms with van der Waals surface area (Å²) in [4.78, 5) is 0. The predicted octanol–water partition coefficient (Wildman–Crippen LogP) is 8.76. The SMILES string of the molecule is CCCCCCCc1ccc2cc3c(ccc4c5ccccc5ccc34)c-2cc1. The van der Waals surface area contributed by atoms with Crippen LogP contribution in [-0.4, -0.2) is 0 Å². The first kappa shape index (κ1) is 18.2. The monoisotopic (exact) mass is 376 g/mol. The highest BCUT2D eigenvalue weighted by molar-refractivity contribution is 6.21. The van der Waals surface area contributed by atoms with Gasteiger partial charge in [-0.05, 0) is 67.9 Å². The lowest BCUT2D eigenvalue weighted by atomic mass is 9.98. The number of benzene rings is 3. The van der Waals surface area contributed by atoms with Crippen molar-refractivity contribution in [3.05, 3.63) is 84.4 Å². The molecule has 29 heavy (non-hydrogen) atoms. The Hall–Kier alpha value is -2.86. The first-order valence-electron chi connectivity index (χ1n) is 11.1. The van der Waals surface area contributed by atoms with E-state index in [0.717, 1.165) is 0 Å². The van der Waals surface area contributed by atoms with Crippen LogP contribution in [0, 0.1) is 0 Å². The zero-order valence-electron chi connectivity index (χ0n) is 17.2. The summed E-state index contributed by atoms with van der Waals surface area (Å²) in [5.41, 5.74) is 4.17. The summed E-state index contributed by atoms with van der Waals surface area (Å²) in [6.07, 6.45) is 7.88. The van der Waals surface area contributed by atoms with Gasteiger partial charge in [0.1, 0.15) is 0 Å². The van der Waals surface area contributed by atoms with Crippen LogP contribution < -0.4 is 0 Å². The van der Waals surface area contributed by atoms with Crippen molar-refractivity contribution in [1.82, 2.24) is 0 Å². The molecule has 0 heterocycles.